The highest BCUT2D eigenvalue weighted by Gasteiger charge is 2.35. The van der Waals surface area contributed by atoms with Crippen molar-refractivity contribution in [2.45, 2.75) is 33.5 Å². The second kappa shape index (κ2) is 9.43. The number of hydrogen-bond acceptors (Lipinski definition) is 3. The first-order chi connectivity index (χ1) is 13.2. The quantitative estimate of drug-likeness (QED) is 0.695. The summed E-state index contributed by atoms with van der Waals surface area (Å²) in [7, 11) is 0. The minimum absolute atomic E-state index is 0.195. The third kappa shape index (κ3) is 5.72. The van der Waals surface area contributed by atoms with Crippen LogP contribution < -0.4 is 0 Å². The molecule has 0 aliphatic rings. The van der Waals surface area contributed by atoms with Gasteiger partial charge in [-0.15, -0.1) is 0 Å². The van der Waals surface area contributed by atoms with Crippen molar-refractivity contribution in [3.63, 3.8) is 0 Å². The van der Waals surface area contributed by atoms with Gasteiger partial charge in [0.15, 0.2) is 5.69 Å². The molecule has 1 aromatic heterocycles. The normalized spacial score (nSPS) is 11.9. The predicted octanol–water partition coefficient (Wildman–Crippen LogP) is 4.37. The van der Waals surface area contributed by atoms with Crippen molar-refractivity contribution in [3.8, 4) is 0 Å². The van der Waals surface area contributed by atoms with Gasteiger partial charge in [-0.2, -0.15) is 18.3 Å². The number of aromatic amines is 1. The van der Waals surface area contributed by atoms with Gasteiger partial charge in [0, 0.05) is 30.7 Å². The number of alkyl halides is 3. The third-order valence-electron chi connectivity index (χ3n) is 4.53. The van der Waals surface area contributed by atoms with Gasteiger partial charge in [-0.25, -0.2) is 0 Å². The number of nitrogens with zero attached hydrogens (tertiary/aromatic N) is 3. The number of benzene rings is 1. The first-order valence-corrected chi connectivity index (χ1v) is 9.42. The molecule has 9 heteroatoms. The topological polar surface area (TPSA) is 52.2 Å². The van der Waals surface area contributed by atoms with Crippen molar-refractivity contribution in [3.05, 3.63) is 51.8 Å². The van der Waals surface area contributed by atoms with Gasteiger partial charge in [0.25, 0.3) is 5.91 Å². The molecule has 1 heterocycles. The number of nitrogens with one attached hydrogen (secondary N) is 1. The summed E-state index contributed by atoms with van der Waals surface area (Å²) >= 11 is 6.25. The van der Waals surface area contributed by atoms with Crippen molar-refractivity contribution in [1.29, 1.82) is 0 Å². The molecule has 0 saturated heterocycles. The van der Waals surface area contributed by atoms with E-state index in [9.17, 15) is 18.0 Å². The van der Waals surface area contributed by atoms with Crippen LogP contribution in [0.5, 0.6) is 0 Å². The fourth-order valence-corrected chi connectivity index (χ4v) is 3.01. The first kappa shape index (κ1) is 22.2. The molecule has 1 N–H and O–H groups in total. The fraction of sp³-hybridized carbons (Fsp3) is 0.474. The molecule has 0 aliphatic carbocycles. The van der Waals surface area contributed by atoms with E-state index in [0.717, 1.165) is 30.3 Å². The maximum absolute atomic E-state index is 12.9. The Bertz CT molecular complexity index is 803. The highest BCUT2D eigenvalue weighted by atomic mass is 35.5. The van der Waals surface area contributed by atoms with Crippen molar-refractivity contribution >= 4 is 17.5 Å². The SMILES string of the molecule is CCN(CC)CCN(Cc1cc(C)ccc1Cl)C(=O)c1cc(C(F)(F)F)n[nH]1. The zero-order valence-corrected chi connectivity index (χ0v) is 16.9. The van der Waals surface area contributed by atoms with Gasteiger partial charge in [-0.1, -0.05) is 43.1 Å². The van der Waals surface area contributed by atoms with Crippen molar-refractivity contribution in [1.82, 2.24) is 20.0 Å². The summed E-state index contributed by atoms with van der Waals surface area (Å²) in [5.74, 6) is -0.548. The Kier molecular flexibility index (Phi) is 7.48. The van der Waals surface area contributed by atoms with E-state index >= 15 is 0 Å². The molecule has 0 spiro atoms. The zero-order valence-electron chi connectivity index (χ0n) is 16.1. The molecule has 5 nitrogen and oxygen atoms in total. The Morgan fingerprint density at radius 1 is 1.18 bits per heavy atom. The number of halogens is 4. The molecule has 0 aliphatic heterocycles. The summed E-state index contributed by atoms with van der Waals surface area (Å²) in [5.41, 5.74) is 0.408. The lowest BCUT2D eigenvalue weighted by atomic mass is 10.1. The van der Waals surface area contributed by atoms with E-state index in [1.54, 1.807) is 6.07 Å². The second-order valence-electron chi connectivity index (χ2n) is 6.51. The van der Waals surface area contributed by atoms with Crippen molar-refractivity contribution in [2.75, 3.05) is 26.2 Å². The molecule has 154 valence electrons. The molecule has 0 bridgehead atoms. The molecule has 0 radical (unpaired) electrons. The molecule has 1 amide bonds. The first-order valence-electron chi connectivity index (χ1n) is 9.05. The molecule has 2 rings (SSSR count). The molecule has 28 heavy (non-hydrogen) atoms. The van der Waals surface area contributed by atoms with Crippen LogP contribution in [0.2, 0.25) is 5.02 Å². The summed E-state index contributed by atoms with van der Waals surface area (Å²) in [6, 6.07) is 6.22. The summed E-state index contributed by atoms with van der Waals surface area (Å²) < 4.78 is 38.5. The third-order valence-corrected chi connectivity index (χ3v) is 4.90. The van der Waals surface area contributed by atoms with Crippen LogP contribution in [0, 0.1) is 6.92 Å². The van der Waals surface area contributed by atoms with Crippen LogP contribution in [0.4, 0.5) is 13.2 Å². The maximum atomic E-state index is 12.9. The van der Waals surface area contributed by atoms with Crippen LogP contribution in [-0.2, 0) is 12.7 Å². The molecule has 0 atom stereocenters. The Morgan fingerprint density at radius 2 is 1.86 bits per heavy atom. The molecule has 1 aromatic carbocycles. The standard InChI is InChI=1S/C19H24ClF3N4O/c1-4-26(5-2)8-9-27(12-14-10-13(3)6-7-15(14)20)18(28)16-11-17(25-24-16)19(21,22)23/h6-7,10-11H,4-5,8-9,12H2,1-3H3,(H,24,25). The Hall–Kier alpha value is -2.06. The van der Waals surface area contributed by atoms with E-state index in [-0.39, 0.29) is 12.2 Å². The van der Waals surface area contributed by atoms with Crippen LogP contribution in [0.1, 0.15) is 41.2 Å². The van der Waals surface area contributed by atoms with Gasteiger partial charge in [0.2, 0.25) is 0 Å². The summed E-state index contributed by atoms with van der Waals surface area (Å²) in [6.45, 7) is 8.70. The number of carbonyl (C=O) groups excluding carboxylic acids is 1. The predicted molar refractivity (Wildman–Crippen MR) is 102 cm³/mol. The summed E-state index contributed by atoms with van der Waals surface area (Å²) in [5, 5.41) is 5.94. The summed E-state index contributed by atoms with van der Waals surface area (Å²) in [4.78, 5) is 16.5. The van der Waals surface area contributed by atoms with Crippen LogP contribution >= 0.6 is 11.6 Å². The molecule has 0 saturated carbocycles. The minimum atomic E-state index is -4.61. The molecule has 0 unspecified atom stereocenters. The van der Waals surface area contributed by atoms with Crippen LogP contribution in [0.15, 0.2) is 24.3 Å². The van der Waals surface area contributed by atoms with Gasteiger partial charge in [0.1, 0.15) is 5.69 Å². The van der Waals surface area contributed by atoms with Gasteiger partial charge < -0.3 is 9.80 Å². The second-order valence-corrected chi connectivity index (χ2v) is 6.92. The number of aromatic nitrogens is 2. The van der Waals surface area contributed by atoms with E-state index in [1.165, 1.54) is 4.90 Å². The number of hydrogen-bond donors (Lipinski definition) is 1. The monoisotopic (exact) mass is 416 g/mol. The largest absolute Gasteiger partial charge is 0.435 e. The number of amides is 1. The highest BCUT2D eigenvalue weighted by Crippen LogP contribution is 2.28. The van der Waals surface area contributed by atoms with Gasteiger partial charge >= 0.3 is 6.18 Å². The lowest BCUT2D eigenvalue weighted by Crippen LogP contribution is -2.38. The average molecular weight is 417 g/mol. The Morgan fingerprint density at radius 3 is 2.43 bits per heavy atom. The van der Waals surface area contributed by atoms with Crippen LogP contribution in [-0.4, -0.2) is 52.1 Å². The summed E-state index contributed by atoms with van der Waals surface area (Å²) in [6.07, 6.45) is -4.61. The van der Waals surface area contributed by atoms with E-state index < -0.39 is 17.8 Å². The van der Waals surface area contributed by atoms with Crippen molar-refractivity contribution < 1.29 is 18.0 Å². The smallest absolute Gasteiger partial charge is 0.332 e. The highest BCUT2D eigenvalue weighted by molar-refractivity contribution is 6.31. The van der Waals surface area contributed by atoms with E-state index in [2.05, 4.69) is 15.1 Å². The Labute approximate surface area is 167 Å². The zero-order chi connectivity index (χ0) is 20.9. The fourth-order valence-electron chi connectivity index (χ4n) is 2.83. The number of carbonyl (C=O) groups is 1. The number of rotatable bonds is 8. The van der Waals surface area contributed by atoms with Gasteiger partial charge in [-0.05, 0) is 31.6 Å². The molecule has 0 fully saturated rings. The number of H-pyrrole nitrogens is 1. The lowest BCUT2D eigenvalue weighted by Gasteiger charge is -2.26. The minimum Gasteiger partial charge on any atom is -0.332 e. The lowest BCUT2D eigenvalue weighted by molar-refractivity contribution is -0.141. The number of aryl methyl sites for hydroxylation is 1. The molecular weight excluding hydrogens is 393 g/mol. The van der Waals surface area contributed by atoms with E-state index in [4.69, 9.17) is 11.6 Å². The maximum Gasteiger partial charge on any atom is 0.435 e. The Balaban J connectivity index is 2.27. The van der Waals surface area contributed by atoms with Gasteiger partial charge in [0.05, 0.1) is 0 Å². The molecule has 2 aromatic rings. The van der Waals surface area contributed by atoms with E-state index in [0.29, 0.717) is 18.1 Å². The van der Waals surface area contributed by atoms with Gasteiger partial charge in [-0.3, -0.25) is 9.89 Å². The van der Waals surface area contributed by atoms with Crippen LogP contribution in [0.25, 0.3) is 0 Å². The number of likely N-dealkylation sites (N-methyl/N-ethyl adjacent to an activating group) is 1. The average Bonchev–Trinajstić information content (AvgIpc) is 3.14. The molecular formula is C19H24ClF3N4O. The van der Waals surface area contributed by atoms with E-state index in [1.807, 2.05) is 32.9 Å². The van der Waals surface area contributed by atoms with Crippen LogP contribution in [0.3, 0.4) is 0 Å². The van der Waals surface area contributed by atoms with Crippen molar-refractivity contribution in [2.24, 2.45) is 0 Å².